The second-order valence-electron chi connectivity index (χ2n) is 7.27. The van der Waals surface area contributed by atoms with E-state index in [4.69, 9.17) is 9.47 Å². The second-order valence-corrected chi connectivity index (χ2v) is 7.27. The first-order valence-electron chi connectivity index (χ1n) is 9.37. The molecular weight excluding hydrogens is 346 g/mol. The van der Waals surface area contributed by atoms with E-state index in [9.17, 15) is 9.59 Å². The van der Waals surface area contributed by atoms with Gasteiger partial charge in [0.2, 0.25) is 5.91 Å². The maximum absolute atomic E-state index is 12.9. The Kier molecular flexibility index (Phi) is 4.78. The molecule has 0 spiro atoms. The molecule has 2 aliphatic heterocycles. The fourth-order valence-corrected chi connectivity index (χ4v) is 4.31. The number of fused-ring (bicyclic) bond motifs is 2. The number of pyridine rings is 1. The lowest BCUT2D eigenvalue weighted by Gasteiger charge is -2.24. The number of aromatic nitrogens is 1. The molecule has 27 heavy (non-hydrogen) atoms. The topological polar surface area (TPSA) is 72.8 Å². The van der Waals surface area contributed by atoms with Crippen LogP contribution in [0.2, 0.25) is 0 Å². The molecule has 0 aliphatic carbocycles. The van der Waals surface area contributed by atoms with Crippen LogP contribution in [-0.4, -0.2) is 55.3 Å². The van der Waals surface area contributed by atoms with Gasteiger partial charge in [-0.15, -0.1) is 0 Å². The van der Waals surface area contributed by atoms with E-state index in [2.05, 4.69) is 5.32 Å². The molecule has 1 aromatic heterocycles. The Morgan fingerprint density at radius 3 is 2.78 bits per heavy atom. The monoisotopic (exact) mass is 371 g/mol. The van der Waals surface area contributed by atoms with Crippen molar-refractivity contribution >= 4 is 16.7 Å². The van der Waals surface area contributed by atoms with Crippen molar-refractivity contribution in [3.63, 3.8) is 0 Å². The summed E-state index contributed by atoms with van der Waals surface area (Å²) in [6, 6.07) is 5.63. The number of nitrogens with zero attached hydrogens (tertiary/aromatic N) is 2. The molecular formula is C20H25N3O4. The lowest BCUT2D eigenvalue weighted by Crippen LogP contribution is -2.41. The Morgan fingerprint density at radius 2 is 2.04 bits per heavy atom. The van der Waals surface area contributed by atoms with Gasteiger partial charge in [-0.1, -0.05) is 0 Å². The number of carbonyl (C=O) groups is 1. The molecule has 144 valence electrons. The summed E-state index contributed by atoms with van der Waals surface area (Å²) in [4.78, 5) is 27.5. The van der Waals surface area contributed by atoms with E-state index in [1.54, 1.807) is 38.6 Å². The maximum atomic E-state index is 12.9. The Balaban J connectivity index is 1.58. The molecule has 0 radical (unpaired) electrons. The van der Waals surface area contributed by atoms with Crippen molar-refractivity contribution in [3.8, 4) is 11.5 Å². The third-order valence-electron chi connectivity index (χ3n) is 5.75. The number of rotatable bonds is 4. The number of nitrogens with one attached hydrogen (secondary N) is 1. The Morgan fingerprint density at radius 1 is 1.19 bits per heavy atom. The predicted octanol–water partition coefficient (Wildman–Crippen LogP) is 1.23. The molecule has 7 nitrogen and oxygen atoms in total. The molecule has 7 heteroatoms. The lowest BCUT2D eigenvalue weighted by molar-refractivity contribution is -0.131. The molecule has 1 N–H and O–H groups in total. The molecule has 1 aromatic carbocycles. The highest BCUT2D eigenvalue weighted by molar-refractivity contribution is 5.90. The zero-order valence-corrected chi connectivity index (χ0v) is 15.7. The standard InChI is InChI=1S/C20H25N3O4/c1-26-17-6-5-15-14(19(17)27-2)7-9-22(20(15)25)12-18(24)23-10-13-4-3-8-21-16(13)11-23/h5-7,9,13,16,21H,3-4,8,10-12H2,1-2H3/t13-,16+/m1/s1. The number of ether oxygens (including phenoxy) is 2. The minimum absolute atomic E-state index is 0.00636. The van der Waals surface area contributed by atoms with Gasteiger partial charge in [-0.25, -0.2) is 0 Å². The Labute approximate surface area is 157 Å². The third-order valence-corrected chi connectivity index (χ3v) is 5.75. The first-order chi connectivity index (χ1) is 13.1. The highest BCUT2D eigenvalue weighted by Crippen LogP contribution is 2.33. The van der Waals surface area contributed by atoms with Crippen LogP contribution in [0.5, 0.6) is 11.5 Å². The average molecular weight is 371 g/mol. The molecule has 0 bridgehead atoms. The molecule has 1 amide bonds. The largest absolute Gasteiger partial charge is 0.493 e. The summed E-state index contributed by atoms with van der Waals surface area (Å²) < 4.78 is 12.2. The number of piperidine rings is 1. The van der Waals surface area contributed by atoms with E-state index in [0.717, 1.165) is 19.6 Å². The zero-order valence-electron chi connectivity index (χ0n) is 15.7. The summed E-state index contributed by atoms with van der Waals surface area (Å²) in [7, 11) is 3.11. The van der Waals surface area contributed by atoms with Gasteiger partial charge in [0.15, 0.2) is 11.5 Å². The molecule has 0 unspecified atom stereocenters. The maximum Gasteiger partial charge on any atom is 0.259 e. The van der Waals surface area contributed by atoms with Crippen molar-refractivity contribution in [2.75, 3.05) is 33.9 Å². The fourth-order valence-electron chi connectivity index (χ4n) is 4.31. The SMILES string of the molecule is COc1ccc2c(=O)n(CC(=O)N3C[C@H]4CCCN[C@H]4C3)ccc2c1OC. The van der Waals surface area contributed by atoms with Crippen molar-refractivity contribution in [2.24, 2.45) is 5.92 Å². The number of hydrogen-bond donors (Lipinski definition) is 1. The number of methoxy groups -OCH3 is 2. The second kappa shape index (κ2) is 7.23. The van der Waals surface area contributed by atoms with E-state index in [1.807, 2.05) is 4.90 Å². The van der Waals surface area contributed by atoms with Crippen LogP contribution in [0, 0.1) is 5.92 Å². The van der Waals surface area contributed by atoms with Crippen LogP contribution in [-0.2, 0) is 11.3 Å². The van der Waals surface area contributed by atoms with Crippen LogP contribution in [0.1, 0.15) is 12.8 Å². The van der Waals surface area contributed by atoms with Crippen molar-refractivity contribution in [3.05, 3.63) is 34.7 Å². The van der Waals surface area contributed by atoms with Gasteiger partial charge < -0.3 is 24.3 Å². The van der Waals surface area contributed by atoms with E-state index < -0.39 is 0 Å². The number of hydrogen-bond acceptors (Lipinski definition) is 5. The lowest BCUT2D eigenvalue weighted by atomic mass is 9.94. The van der Waals surface area contributed by atoms with Gasteiger partial charge in [0.05, 0.1) is 19.6 Å². The predicted molar refractivity (Wildman–Crippen MR) is 102 cm³/mol. The average Bonchev–Trinajstić information content (AvgIpc) is 3.13. The molecule has 2 atom stereocenters. The van der Waals surface area contributed by atoms with Crippen LogP contribution in [0.25, 0.3) is 10.8 Å². The summed E-state index contributed by atoms with van der Waals surface area (Å²) in [6.45, 7) is 2.60. The summed E-state index contributed by atoms with van der Waals surface area (Å²) >= 11 is 0. The number of benzene rings is 1. The van der Waals surface area contributed by atoms with Crippen molar-refractivity contribution in [1.82, 2.24) is 14.8 Å². The molecule has 2 aromatic rings. The fraction of sp³-hybridized carbons (Fsp3) is 0.500. The number of likely N-dealkylation sites (tertiary alicyclic amines) is 1. The number of amides is 1. The van der Waals surface area contributed by atoms with Gasteiger partial charge in [0, 0.05) is 30.7 Å². The van der Waals surface area contributed by atoms with E-state index in [-0.39, 0.29) is 18.0 Å². The first kappa shape index (κ1) is 17.9. The quantitative estimate of drug-likeness (QED) is 0.875. The first-order valence-corrected chi connectivity index (χ1v) is 9.37. The molecule has 4 rings (SSSR count). The van der Waals surface area contributed by atoms with Gasteiger partial charge in [-0.3, -0.25) is 9.59 Å². The van der Waals surface area contributed by atoms with Gasteiger partial charge in [0.25, 0.3) is 5.56 Å². The summed E-state index contributed by atoms with van der Waals surface area (Å²) in [6.07, 6.45) is 3.99. The normalized spacial score (nSPS) is 21.9. The zero-order chi connectivity index (χ0) is 19.0. The highest BCUT2D eigenvalue weighted by atomic mass is 16.5. The molecule has 0 saturated carbocycles. The summed E-state index contributed by atoms with van der Waals surface area (Å²) in [5, 5.41) is 4.70. The highest BCUT2D eigenvalue weighted by Gasteiger charge is 2.36. The summed E-state index contributed by atoms with van der Waals surface area (Å²) in [5.74, 6) is 1.63. The number of carbonyl (C=O) groups excluding carboxylic acids is 1. The smallest absolute Gasteiger partial charge is 0.259 e. The van der Waals surface area contributed by atoms with Gasteiger partial charge in [-0.2, -0.15) is 0 Å². The van der Waals surface area contributed by atoms with E-state index in [0.29, 0.717) is 34.2 Å². The molecule has 3 heterocycles. The van der Waals surface area contributed by atoms with E-state index in [1.165, 1.54) is 17.4 Å². The molecule has 2 aliphatic rings. The van der Waals surface area contributed by atoms with Crippen molar-refractivity contribution in [2.45, 2.75) is 25.4 Å². The van der Waals surface area contributed by atoms with Gasteiger partial charge in [-0.05, 0) is 43.5 Å². The van der Waals surface area contributed by atoms with Crippen molar-refractivity contribution < 1.29 is 14.3 Å². The van der Waals surface area contributed by atoms with Crippen LogP contribution in [0.15, 0.2) is 29.2 Å². The van der Waals surface area contributed by atoms with Gasteiger partial charge >= 0.3 is 0 Å². The van der Waals surface area contributed by atoms with Crippen LogP contribution in [0.3, 0.4) is 0 Å². The van der Waals surface area contributed by atoms with Crippen molar-refractivity contribution in [1.29, 1.82) is 0 Å². The summed E-state index contributed by atoms with van der Waals surface area (Å²) in [5.41, 5.74) is -0.198. The van der Waals surface area contributed by atoms with Gasteiger partial charge in [0.1, 0.15) is 6.54 Å². The van der Waals surface area contributed by atoms with Crippen LogP contribution >= 0.6 is 0 Å². The van der Waals surface area contributed by atoms with E-state index >= 15 is 0 Å². The minimum Gasteiger partial charge on any atom is -0.493 e. The molecule has 2 saturated heterocycles. The molecule has 2 fully saturated rings. The van der Waals surface area contributed by atoms with Crippen LogP contribution in [0.4, 0.5) is 0 Å². The van der Waals surface area contributed by atoms with Crippen LogP contribution < -0.4 is 20.3 Å². The minimum atomic E-state index is -0.198. The Bertz CT molecular complexity index is 909. The Hall–Kier alpha value is -2.54. The third kappa shape index (κ3) is 3.16.